The second kappa shape index (κ2) is 7.18. The minimum Gasteiger partial charge on any atom is -0.348 e. The molecule has 1 heterocycles. The van der Waals surface area contributed by atoms with Crippen LogP contribution in [0.25, 0.3) is 6.08 Å². The van der Waals surface area contributed by atoms with Gasteiger partial charge in [0.1, 0.15) is 0 Å². The van der Waals surface area contributed by atoms with E-state index in [4.69, 9.17) is 14.7 Å². The zero-order chi connectivity index (χ0) is 11.8. The maximum absolute atomic E-state index is 8.43. The summed E-state index contributed by atoms with van der Waals surface area (Å²) in [5, 5.41) is 10.4. The first-order valence-electron chi connectivity index (χ1n) is 5.19. The summed E-state index contributed by atoms with van der Waals surface area (Å²) in [7, 11) is 0. The van der Waals surface area contributed by atoms with E-state index in [0.29, 0.717) is 13.2 Å². The molecule has 0 N–H and O–H groups in total. The quantitative estimate of drug-likeness (QED) is 0.563. The standard InChI is InChI=1S/C12H15NO2S/c1-3-14-12(15-4-2)11-8-10(9-16-11)6-5-7-13/h5-6,8-9,12H,3-4H2,1-2H3. The molecule has 0 radical (unpaired) electrons. The van der Waals surface area contributed by atoms with Crippen molar-refractivity contribution in [3.63, 3.8) is 0 Å². The van der Waals surface area contributed by atoms with Crippen molar-refractivity contribution >= 4 is 17.4 Å². The number of hydrogen-bond acceptors (Lipinski definition) is 4. The van der Waals surface area contributed by atoms with E-state index in [1.165, 1.54) is 6.08 Å². The average Bonchev–Trinajstić information content (AvgIpc) is 2.74. The fourth-order valence-corrected chi connectivity index (χ4v) is 2.10. The molecule has 86 valence electrons. The third-order valence-electron chi connectivity index (χ3n) is 1.86. The summed E-state index contributed by atoms with van der Waals surface area (Å²) in [4.78, 5) is 1.03. The average molecular weight is 237 g/mol. The summed E-state index contributed by atoms with van der Waals surface area (Å²) < 4.78 is 11.0. The van der Waals surface area contributed by atoms with E-state index in [1.54, 1.807) is 17.4 Å². The molecule has 3 nitrogen and oxygen atoms in total. The van der Waals surface area contributed by atoms with Crippen molar-refractivity contribution in [3.8, 4) is 6.07 Å². The fraction of sp³-hybridized carbons (Fsp3) is 0.417. The summed E-state index contributed by atoms with van der Waals surface area (Å²) >= 11 is 1.58. The highest BCUT2D eigenvalue weighted by molar-refractivity contribution is 7.10. The van der Waals surface area contributed by atoms with E-state index in [1.807, 2.05) is 31.4 Å². The predicted molar refractivity (Wildman–Crippen MR) is 65.0 cm³/mol. The maximum Gasteiger partial charge on any atom is 0.193 e. The fourth-order valence-electron chi connectivity index (χ4n) is 1.23. The van der Waals surface area contributed by atoms with E-state index in [-0.39, 0.29) is 6.29 Å². The van der Waals surface area contributed by atoms with Gasteiger partial charge in [-0.15, -0.1) is 11.3 Å². The lowest BCUT2D eigenvalue weighted by molar-refractivity contribution is -0.138. The van der Waals surface area contributed by atoms with Gasteiger partial charge in [-0.05, 0) is 36.9 Å². The normalized spacial score (nSPS) is 11.1. The summed E-state index contributed by atoms with van der Waals surface area (Å²) in [6.45, 7) is 5.12. The van der Waals surface area contributed by atoms with Crippen LogP contribution in [-0.2, 0) is 9.47 Å². The molecule has 0 atom stereocenters. The third-order valence-corrected chi connectivity index (χ3v) is 2.83. The SMILES string of the molecule is CCOC(OCC)c1cc(C=CC#N)cs1. The Morgan fingerprint density at radius 1 is 1.44 bits per heavy atom. The van der Waals surface area contributed by atoms with Crippen LogP contribution in [0.3, 0.4) is 0 Å². The number of thiophene rings is 1. The van der Waals surface area contributed by atoms with E-state index in [0.717, 1.165) is 10.4 Å². The molecule has 0 fully saturated rings. The van der Waals surface area contributed by atoms with Crippen molar-refractivity contribution in [3.05, 3.63) is 28.0 Å². The Morgan fingerprint density at radius 2 is 2.12 bits per heavy atom. The molecule has 1 aromatic heterocycles. The van der Waals surface area contributed by atoms with Crippen LogP contribution in [0.1, 0.15) is 30.6 Å². The van der Waals surface area contributed by atoms with Gasteiger partial charge in [0.2, 0.25) is 0 Å². The van der Waals surface area contributed by atoms with Gasteiger partial charge >= 0.3 is 0 Å². The number of allylic oxidation sites excluding steroid dienone is 1. The minimum absolute atomic E-state index is 0.288. The highest BCUT2D eigenvalue weighted by atomic mass is 32.1. The van der Waals surface area contributed by atoms with E-state index >= 15 is 0 Å². The van der Waals surface area contributed by atoms with Crippen LogP contribution in [0.5, 0.6) is 0 Å². The minimum atomic E-state index is -0.288. The van der Waals surface area contributed by atoms with Crippen LogP contribution in [0.4, 0.5) is 0 Å². The highest BCUT2D eigenvalue weighted by Crippen LogP contribution is 2.26. The first kappa shape index (κ1) is 12.9. The smallest absolute Gasteiger partial charge is 0.193 e. The molecule has 1 aromatic rings. The lowest BCUT2D eigenvalue weighted by Crippen LogP contribution is -2.06. The summed E-state index contributed by atoms with van der Waals surface area (Å²) in [6, 6.07) is 3.95. The summed E-state index contributed by atoms with van der Waals surface area (Å²) in [6.07, 6.45) is 2.95. The van der Waals surface area contributed by atoms with Gasteiger partial charge in [0.25, 0.3) is 0 Å². The zero-order valence-corrected chi connectivity index (χ0v) is 10.3. The molecule has 0 aromatic carbocycles. The molecule has 0 aliphatic carbocycles. The largest absolute Gasteiger partial charge is 0.348 e. The van der Waals surface area contributed by atoms with E-state index in [2.05, 4.69) is 0 Å². The van der Waals surface area contributed by atoms with E-state index < -0.39 is 0 Å². The molecule has 0 saturated carbocycles. The molecule has 0 saturated heterocycles. The van der Waals surface area contributed by atoms with Gasteiger partial charge in [0.05, 0.1) is 10.9 Å². The third kappa shape index (κ3) is 3.78. The topological polar surface area (TPSA) is 42.2 Å². The molecule has 4 heteroatoms. The van der Waals surface area contributed by atoms with Gasteiger partial charge < -0.3 is 9.47 Å². The van der Waals surface area contributed by atoms with Crippen molar-refractivity contribution in [1.29, 1.82) is 5.26 Å². The molecule has 0 aliphatic rings. The number of rotatable bonds is 6. The Balaban J connectivity index is 2.73. The monoisotopic (exact) mass is 237 g/mol. The molecular formula is C12H15NO2S. The molecule has 16 heavy (non-hydrogen) atoms. The van der Waals surface area contributed by atoms with Crippen molar-refractivity contribution in [2.24, 2.45) is 0 Å². The Morgan fingerprint density at radius 3 is 2.69 bits per heavy atom. The van der Waals surface area contributed by atoms with Crippen molar-refractivity contribution in [1.82, 2.24) is 0 Å². The van der Waals surface area contributed by atoms with Crippen LogP contribution in [0, 0.1) is 11.3 Å². The summed E-state index contributed by atoms with van der Waals surface area (Å²) in [5.41, 5.74) is 1.01. The molecule has 0 spiro atoms. The first-order valence-corrected chi connectivity index (χ1v) is 6.07. The Kier molecular flexibility index (Phi) is 5.79. The Bertz CT molecular complexity index is 373. The first-order chi connectivity index (χ1) is 7.81. The van der Waals surface area contributed by atoms with Gasteiger partial charge in [-0.1, -0.05) is 0 Å². The zero-order valence-electron chi connectivity index (χ0n) is 9.47. The van der Waals surface area contributed by atoms with Crippen molar-refractivity contribution < 1.29 is 9.47 Å². The number of nitriles is 1. The lowest BCUT2D eigenvalue weighted by atomic mass is 10.3. The van der Waals surface area contributed by atoms with Gasteiger partial charge in [-0.3, -0.25) is 0 Å². The molecule has 0 unspecified atom stereocenters. The van der Waals surface area contributed by atoms with Gasteiger partial charge in [-0.2, -0.15) is 5.26 Å². The number of hydrogen-bond donors (Lipinski definition) is 0. The molecule has 0 amide bonds. The van der Waals surface area contributed by atoms with Crippen LogP contribution < -0.4 is 0 Å². The number of nitrogens with zero attached hydrogens (tertiary/aromatic N) is 1. The lowest BCUT2D eigenvalue weighted by Gasteiger charge is -2.14. The van der Waals surface area contributed by atoms with Crippen molar-refractivity contribution in [2.75, 3.05) is 13.2 Å². The molecular weight excluding hydrogens is 222 g/mol. The van der Waals surface area contributed by atoms with Crippen LogP contribution in [-0.4, -0.2) is 13.2 Å². The summed E-state index contributed by atoms with van der Waals surface area (Å²) in [5.74, 6) is 0. The second-order valence-electron chi connectivity index (χ2n) is 2.99. The van der Waals surface area contributed by atoms with Gasteiger partial charge in [0, 0.05) is 19.3 Å². The molecule has 0 aliphatic heterocycles. The van der Waals surface area contributed by atoms with Crippen molar-refractivity contribution in [2.45, 2.75) is 20.1 Å². The maximum atomic E-state index is 8.43. The Hall–Kier alpha value is -1.15. The molecule has 0 bridgehead atoms. The molecule has 1 rings (SSSR count). The van der Waals surface area contributed by atoms with Gasteiger partial charge in [0.15, 0.2) is 6.29 Å². The Labute approximate surface area is 99.9 Å². The van der Waals surface area contributed by atoms with E-state index in [9.17, 15) is 0 Å². The second-order valence-corrected chi connectivity index (χ2v) is 3.93. The van der Waals surface area contributed by atoms with Crippen LogP contribution >= 0.6 is 11.3 Å². The number of ether oxygens (including phenoxy) is 2. The predicted octanol–water partition coefficient (Wildman–Crippen LogP) is 3.36. The van der Waals surface area contributed by atoms with Gasteiger partial charge in [-0.25, -0.2) is 0 Å². The van der Waals surface area contributed by atoms with Crippen LogP contribution in [0.15, 0.2) is 17.5 Å². The highest BCUT2D eigenvalue weighted by Gasteiger charge is 2.12. The van der Waals surface area contributed by atoms with Crippen LogP contribution in [0.2, 0.25) is 0 Å².